The molecule has 2 atom stereocenters. The molecule has 31 heavy (non-hydrogen) atoms. The molecule has 0 spiro atoms. The number of aliphatic hydroxyl groups excluding tert-OH is 1. The Morgan fingerprint density at radius 1 is 1.16 bits per heavy atom. The predicted octanol–water partition coefficient (Wildman–Crippen LogP) is 1.80. The lowest BCUT2D eigenvalue weighted by atomic mass is 9.99. The molecule has 2 heterocycles. The minimum atomic E-state index is -4.20. The topological polar surface area (TPSA) is 105 Å². The van der Waals surface area contributed by atoms with Crippen molar-refractivity contribution >= 4 is 15.7 Å². The van der Waals surface area contributed by atoms with Gasteiger partial charge >= 0.3 is 0 Å². The number of nitrogens with zero attached hydrogens (tertiary/aromatic N) is 2. The lowest BCUT2D eigenvalue weighted by molar-refractivity contribution is 0.0157. The molecule has 2 aliphatic carbocycles. The minimum absolute atomic E-state index is 0.0990. The highest BCUT2D eigenvalue weighted by Gasteiger charge is 2.34. The van der Waals surface area contributed by atoms with E-state index in [-0.39, 0.29) is 23.9 Å². The predicted molar refractivity (Wildman–Crippen MR) is 108 cm³/mol. The highest BCUT2D eigenvalue weighted by molar-refractivity contribution is 7.89. The van der Waals surface area contributed by atoms with Gasteiger partial charge in [-0.3, -0.25) is 0 Å². The fourth-order valence-electron chi connectivity index (χ4n) is 4.80. The maximum absolute atomic E-state index is 12.9. The monoisotopic (exact) mass is 454 g/mol. The molecule has 0 saturated carbocycles. The molecule has 2 unspecified atom stereocenters. The average molecular weight is 454 g/mol. The largest absolute Gasteiger partial charge is 0.476 e. The van der Waals surface area contributed by atoms with Crippen molar-refractivity contribution in [3.63, 3.8) is 0 Å². The van der Waals surface area contributed by atoms with Crippen molar-refractivity contribution in [2.75, 3.05) is 11.9 Å². The van der Waals surface area contributed by atoms with Gasteiger partial charge in [-0.15, -0.1) is 0 Å². The Labute approximate surface area is 178 Å². The summed E-state index contributed by atoms with van der Waals surface area (Å²) in [6, 6.07) is 2.25. The number of benzene rings is 1. The molecule has 168 valence electrons. The van der Waals surface area contributed by atoms with E-state index in [0.29, 0.717) is 0 Å². The molecule has 0 fully saturated rings. The minimum Gasteiger partial charge on any atom is -0.476 e. The van der Waals surface area contributed by atoms with Crippen LogP contribution in [0, 0.1) is 5.92 Å². The summed E-state index contributed by atoms with van der Waals surface area (Å²) in [5.41, 5.74) is 5.62. The lowest BCUT2D eigenvalue weighted by Crippen LogP contribution is -2.41. The number of aryl methyl sites for hydroxylation is 2. The normalized spacial score (nSPS) is 20.8. The molecule has 3 N–H and O–H groups in total. The van der Waals surface area contributed by atoms with E-state index in [1.807, 2.05) is 0 Å². The van der Waals surface area contributed by atoms with E-state index in [1.54, 1.807) is 0 Å². The van der Waals surface area contributed by atoms with E-state index in [4.69, 9.17) is 4.74 Å². The van der Waals surface area contributed by atoms with E-state index in [0.717, 1.165) is 66.2 Å². The molecule has 1 aromatic carbocycles. The van der Waals surface area contributed by atoms with E-state index in [2.05, 4.69) is 21.2 Å². The van der Waals surface area contributed by atoms with Crippen LogP contribution in [0.2, 0.25) is 0 Å². The highest BCUT2D eigenvalue weighted by atomic mass is 32.2. The van der Waals surface area contributed by atoms with E-state index in [9.17, 15) is 22.3 Å². The van der Waals surface area contributed by atoms with Crippen LogP contribution in [0.4, 0.5) is 14.5 Å². The summed E-state index contributed by atoms with van der Waals surface area (Å²) < 4.78 is 60.2. The van der Waals surface area contributed by atoms with Gasteiger partial charge in [-0.2, -0.15) is 9.82 Å². The second-order valence-electron chi connectivity index (χ2n) is 8.30. The molecule has 0 bridgehead atoms. The van der Waals surface area contributed by atoms with Gasteiger partial charge in [0.25, 0.3) is 10.0 Å². The van der Waals surface area contributed by atoms with Gasteiger partial charge < -0.3 is 15.2 Å². The van der Waals surface area contributed by atoms with Crippen LogP contribution in [0.3, 0.4) is 0 Å². The fourth-order valence-corrected chi connectivity index (χ4v) is 5.86. The summed E-state index contributed by atoms with van der Waals surface area (Å²) in [6.07, 6.45) is 2.72. The Bertz CT molecular complexity index is 1090. The number of fused-ring (bicyclic) bond motifs is 3. The first kappa shape index (κ1) is 20.7. The smallest absolute Gasteiger partial charge is 0.251 e. The summed E-state index contributed by atoms with van der Waals surface area (Å²) >= 11 is 0. The number of aliphatic hydroxyl groups is 1. The van der Waals surface area contributed by atoms with Crippen molar-refractivity contribution in [2.24, 2.45) is 5.92 Å². The second kappa shape index (κ2) is 7.72. The van der Waals surface area contributed by atoms with Crippen molar-refractivity contribution in [3.8, 4) is 5.88 Å². The van der Waals surface area contributed by atoms with Gasteiger partial charge in [0.2, 0.25) is 12.3 Å². The SMILES string of the molecule is O=S(=O)(NC(O)Nc1c2c(cc3c1CCC3)CCC2)c1cnn2c1OCC(C(F)F)C2. The number of nitrogens with one attached hydrogen (secondary N) is 2. The molecular weight excluding hydrogens is 430 g/mol. The standard InChI is InChI=1S/C20H24F2N4O4S/c21-18(22)13-9-26-19(30-10-13)16(8-23-26)31(28,29)25-20(27)24-17-14-5-1-3-11(14)7-12-4-2-6-15(12)17/h7-8,13,18,20,24-25,27H,1-6,9-10H2. The molecule has 0 saturated heterocycles. The number of hydrogen-bond donors (Lipinski definition) is 3. The number of hydrogen-bond acceptors (Lipinski definition) is 6. The van der Waals surface area contributed by atoms with Crippen LogP contribution in [-0.2, 0) is 42.3 Å². The average Bonchev–Trinajstić information content (AvgIpc) is 3.45. The van der Waals surface area contributed by atoms with E-state index in [1.165, 1.54) is 11.1 Å². The molecule has 8 nitrogen and oxygen atoms in total. The van der Waals surface area contributed by atoms with Crippen LogP contribution in [0.5, 0.6) is 5.88 Å². The van der Waals surface area contributed by atoms with Crippen LogP contribution >= 0.6 is 0 Å². The summed E-state index contributed by atoms with van der Waals surface area (Å²) in [5.74, 6) is -1.15. The molecular formula is C20H24F2N4O4S. The zero-order chi connectivity index (χ0) is 21.8. The molecule has 0 radical (unpaired) electrons. The second-order valence-corrected chi connectivity index (χ2v) is 9.99. The van der Waals surface area contributed by atoms with E-state index < -0.39 is 28.7 Å². The van der Waals surface area contributed by atoms with Gasteiger partial charge in [0.1, 0.15) is 6.61 Å². The molecule has 2 aromatic rings. The summed E-state index contributed by atoms with van der Waals surface area (Å²) in [5, 5.41) is 17.4. The van der Waals surface area contributed by atoms with Crippen molar-refractivity contribution in [3.05, 3.63) is 34.5 Å². The van der Waals surface area contributed by atoms with Crippen LogP contribution in [0.1, 0.15) is 35.1 Å². The third kappa shape index (κ3) is 3.68. The summed E-state index contributed by atoms with van der Waals surface area (Å²) in [6.45, 7) is -0.430. The summed E-state index contributed by atoms with van der Waals surface area (Å²) in [4.78, 5) is -0.287. The molecule has 11 heteroatoms. The maximum atomic E-state index is 12.9. The molecule has 1 aromatic heterocycles. The first-order valence-electron chi connectivity index (χ1n) is 10.4. The van der Waals surface area contributed by atoms with Crippen LogP contribution in [-0.4, -0.2) is 42.7 Å². The van der Waals surface area contributed by atoms with Crippen molar-refractivity contribution in [1.29, 1.82) is 0 Å². The number of alkyl halides is 2. The Morgan fingerprint density at radius 3 is 2.48 bits per heavy atom. The number of halogens is 2. The van der Waals surface area contributed by atoms with Crippen molar-refractivity contribution in [2.45, 2.75) is 62.7 Å². The Balaban J connectivity index is 1.36. The van der Waals surface area contributed by atoms with Gasteiger partial charge in [0.15, 0.2) is 11.2 Å². The molecule has 5 rings (SSSR count). The van der Waals surface area contributed by atoms with Gasteiger partial charge in [-0.1, -0.05) is 6.07 Å². The van der Waals surface area contributed by atoms with Crippen LogP contribution in [0.15, 0.2) is 17.2 Å². The third-order valence-electron chi connectivity index (χ3n) is 6.27. The van der Waals surface area contributed by atoms with Crippen molar-refractivity contribution < 1.29 is 27.0 Å². The molecule has 3 aliphatic rings. The zero-order valence-electron chi connectivity index (χ0n) is 16.8. The number of rotatable bonds is 6. The number of aromatic nitrogens is 2. The third-order valence-corrected chi connectivity index (χ3v) is 7.66. The Hall–Kier alpha value is -2.24. The fraction of sp³-hybridized carbons (Fsp3) is 0.550. The molecule has 1 aliphatic heterocycles. The summed E-state index contributed by atoms with van der Waals surface area (Å²) in [7, 11) is -4.20. The highest BCUT2D eigenvalue weighted by Crippen LogP contribution is 2.39. The first-order valence-corrected chi connectivity index (χ1v) is 11.9. The number of anilines is 1. The lowest BCUT2D eigenvalue weighted by Gasteiger charge is -2.24. The van der Waals surface area contributed by atoms with Crippen LogP contribution < -0.4 is 14.8 Å². The molecule has 0 amide bonds. The van der Waals surface area contributed by atoms with Gasteiger partial charge in [-0.25, -0.2) is 21.9 Å². The Kier molecular flexibility index (Phi) is 5.14. The zero-order valence-corrected chi connectivity index (χ0v) is 17.6. The first-order chi connectivity index (χ1) is 14.8. The Morgan fingerprint density at radius 2 is 1.84 bits per heavy atom. The van der Waals surface area contributed by atoms with E-state index >= 15 is 0 Å². The van der Waals surface area contributed by atoms with Crippen molar-refractivity contribution in [1.82, 2.24) is 14.5 Å². The quantitative estimate of drug-likeness (QED) is 0.575. The van der Waals surface area contributed by atoms with Gasteiger partial charge in [0.05, 0.1) is 18.7 Å². The number of ether oxygens (including phenoxy) is 1. The van der Waals surface area contributed by atoms with Gasteiger partial charge in [-0.05, 0) is 60.8 Å². The van der Waals surface area contributed by atoms with Gasteiger partial charge in [0, 0.05) is 5.69 Å². The maximum Gasteiger partial charge on any atom is 0.251 e. The number of sulfonamides is 1. The van der Waals surface area contributed by atoms with Crippen LogP contribution in [0.25, 0.3) is 0 Å².